The number of hydrazone groups is 1. The van der Waals surface area contributed by atoms with Gasteiger partial charge < -0.3 is 14.2 Å². The highest BCUT2D eigenvalue weighted by atomic mass is 79.9. The lowest BCUT2D eigenvalue weighted by Gasteiger charge is -2.38. The number of hydrogen-bond acceptors (Lipinski definition) is 5. The number of rotatable bonds is 5. The smallest absolute Gasteiger partial charge is 0.217 e. The average molecular weight is 479 g/mol. The molecule has 2 aliphatic heterocycles. The first-order valence-electron chi connectivity index (χ1n) is 10.4. The van der Waals surface area contributed by atoms with Gasteiger partial charge in [0.05, 0.1) is 31.0 Å². The molecule has 0 N–H and O–H groups in total. The van der Waals surface area contributed by atoms with Crippen molar-refractivity contribution >= 4 is 21.6 Å². The minimum Gasteiger partial charge on any atom is -0.496 e. The molecule has 0 amide bonds. The van der Waals surface area contributed by atoms with E-state index in [-0.39, 0.29) is 6.04 Å². The first-order valence-corrected chi connectivity index (χ1v) is 11.1. The SMILES string of the molecule is CCOc1ccc2c(c1)[C@H]1CC(c3ccccc3)=NN1[C@@H](c1cc(Br)ccc1OC)O2. The Labute approximate surface area is 190 Å². The summed E-state index contributed by atoms with van der Waals surface area (Å²) in [4.78, 5) is 0. The van der Waals surface area contributed by atoms with Crippen LogP contribution in [-0.4, -0.2) is 24.4 Å². The molecule has 3 aromatic rings. The van der Waals surface area contributed by atoms with Gasteiger partial charge in [-0.3, -0.25) is 0 Å². The number of nitrogens with zero attached hydrogens (tertiary/aromatic N) is 2. The number of benzene rings is 3. The molecule has 0 radical (unpaired) electrons. The van der Waals surface area contributed by atoms with Crippen molar-refractivity contribution in [2.75, 3.05) is 13.7 Å². The van der Waals surface area contributed by atoms with Gasteiger partial charge in [0, 0.05) is 16.5 Å². The van der Waals surface area contributed by atoms with Crippen molar-refractivity contribution in [3.63, 3.8) is 0 Å². The molecular weight excluding hydrogens is 456 g/mol. The summed E-state index contributed by atoms with van der Waals surface area (Å²) >= 11 is 3.59. The van der Waals surface area contributed by atoms with Crippen LogP contribution in [0.1, 0.15) is 42.3 Å². The molecule has 5 rings (SSSR count). The lowest BCUT2D eigenvalue weighted by atomic mass is 9.95. The second kappa shape index (κ2) is 8.27. The van der Waals surface area contributed by atoms with E-state index in [4.69, 9.17) is 19.3 Å². The van der Waals surface area contributed by atoms with Crippen LogP contribution in [0.2, 0.25) is 0 Å². The third kappa shape index (κ3) is 3.65. The van der Waals surface area contributed by atoms with Crippen LogP contribution in [0, 0.1) is 0 Å². The molecule has 0 saturated carbocycles. The van der Waals surface area contributed by atoms with Gasteiger partial charge in [-0.25, -0.2) is 5.01 Å². The minimum absolute atomic E-state index is 0.0491. The molecule has 0 aromatic heterocycles. The Kier molecular flexibility index (Phi) is 5.32. The average Bonchev–Trinajstić information content (AvgIpc) is 3.25. The van der Waals surface area contributed by atoms with Crippen molar-refractivity contribution in [3.05, 3.63) is 87.9 Å². The first kappa shape index (κ1) is 19.9. The fourth-order valence-corrected chi connectivity index (χ4v) is 4.61. The largest absolute Gasteiger partial charge is 0.496 e. The number of fused-ring (bicyclic) bond motifs is 3. The minimum atomic E-state index is -0.399. The quantitative estimate of drug-likeness (QED) is 0.444. The number of ether oxygens (including phenoxy) is 3. The van der Waals surface area contributed by atoms with Crippen molar-refractivity contribution < 1.29 is 14.2 Å². The molecule has 0 bridgehead atoms. The Hall–Kier alpha value is -2.99. The van der Waals surface area contributed by atoms with Crippen LogP contribution < -0.4 is 14.2 Å². The summed E-state index contributed by atoms with van der Waals surface area (Å²) in [5.74, 6) is 2.46. The number of hydrogen-bond donors (Lipinski definition) is 0. The Morgan fingerprint density at radius 1 is 1.06 bits per heavy atom. The van der Waals surface area contributed by atoms with Crippen LogP contribution in [0.5, 0.6) is 17.2 Å². The summed E-state index contributed by atoms with van der Waals surface area (Å²) in [6.45, 7) is 2.61. The van der Waals surface area contributed by atoms with Gasteiger partial charge in [0.1, 0.15) is 17.2 Å². The fourth-order valence-electron chi connectivity index (χ4n) is 4.23. The third-order valence-corrected chi connectivity index (χ3v) is 6.13. The maximum Gasteiger partial charge on any atom is 0.217 e. The van der Waals surface area contributed by atoms with Crippen LogP contribution in [-0.2, 0) is 0 Å². The number of halogens is 1. The zero-order valence-corrected chi connectivity index (χ0v) is 19.0. The predicted molar refractivity (Wildman–Crippen MR) is 124 cm³/mol. The third-order valence-electron chi connectivity index (χ3n) is 5.64. The van der Waals surface area contributed by atoms with Crippen molar-refractivity contribution in [2.24, 2.45) is 5.10 Å². The molecule has 2 aliphatic rings. The second-order valence-corrected chi connectivity index (χ2v) is 8.42. The second-order valence-electron chi connectivity index (χ2n) is 7.50. The molecule has 0 spiro atoms. The highest BCUT2D eigenvalue weighted by Gasteiger charge is 2.42. The van der Waals surface area contributed by atoms with E-state index in [0.717, 1.165) is 50.5 Å². The molecule has 31 heavy (non-hydrogen) atoms. The molecule has 0 fully saturated rings. The van der Waals surface area contributed by atoms with Gasteiger partial charge in [-0.2, -0.15) is 5.10 Å². The molecule has 2 atom stereocenters. The van der Waals surface area contributed by atoms with Crippen LogP contribution >= 0.6 is 15.9 Å². The van der Waals surface area contributed by atoms with Gasteiger partial charge in [0.15, 0.2) is 0 Å². The van der Waals surface area contributed by atoms with E-state index >= 15 is 0 Å². The van der Waals surface area contributed by atoms with E-state index in [0.29, 0.717) is 6.61 Å². The topological polar surface area (TPSA) is 43.3 Å². The first-order chi connectivity index (χ1) is 15.2. The van der Waals surface area contributed by atoms with Gasteiger partial charge in [-0.15, -0.1) is 0 Å². The summed E-state index contributed by atoms with van der Waals surface area (Å²) in [7, 11) is 1.68. The molecule has 0 aliphatic carbocycles. The zero-order chi connectivity index (χ0) is 21.4. The van der Waals surface area contributed by atoms with Crippen LogP contribution in [0.25, 0.3) is 0 Å². The molecule has 6 heteroatoms. The van der Waals surface area contributed by atoms with Crippen LogP contribution in [0.15, 0.2) is 76.3 Å². The van der Waals surface area contributed by atoms with Gasteiger partial charge in [-0.05, 0) is 48.9 Å². The van der Waals surface area contributed by atoms with E-state index < -0.39 is 6.23 Å². The van der Waals surface area contributed by atoms with Crippen molar-refractivity contribution in [1.82, 2.24) is 5.01 Å². The molecule has 0 unspecified atom stereocenters. The normalized spacial score (nSPS) is 19.2. The summed E-state index contributed by atoms with van der Waals surface area (Å²) in [6, 6.07) is 22.3. The maximum absolute atomic E-state index is 6.51. The molecule has 5 nitrogen and oxygen atoms in total. The monoisotopic (exact) mass is 478 g/mol. The molecule has 0 saturated heterocycles. The maximum atomic E-state index is 6.51. The van der Waals surface area contributed by atoms with Gasteiger partial charge in [0.2, 0.25) is 6.23 Å². The highest BCUT2D eigenvalue weighted by Crippen LogP contribution is 2.50. The van der Waals surface area contributed by atoms with E-state index in [9.17, 15) is 0 Å². The van der Waals surface area contributed by atoms with Crippen molar-refractivity contribution in [2.45, 2.75) is 25.6 Å². The molecule has 158 valence electrons. The van der Waals surface area contributed by atoms with E-state index in [2.05, 4.69) is 39.1 Å². The Bertz CT molecular complexity index is 1130. The van der Waals surface area contributed by atoms with E-state index in [1.54, 1.807) is 7.11 Å². The van der Waals surface area contributed by atoms with Crippen LogP contribution in [0.3, 0.4) is 0 Å². The van der Waals surface area contributed by atoms with Crippen molar-refractivity contribution in [3.8, 4) is 17.2 Å². The van der Waals surface area contributed by atoms with E-state index in [1.165, 1.54) is 0 Å². The van der Waals surface area contributed by atoms with Gasteiger partial charge >= 0.3 is 0 Å². The lowest BCUT2D eigenvalue weighted by Crippen LogP contribution is -2.34. The van der Waals surface area contributed by atoms with E-state index in [1.807, 2.05) is 55.5 Å². The van der Waals surface area contributed by atoms with Gasteiger partial charge in [-0.1, -0.05) is 46.3 Å². The zero-order valence-electron chi connectivity index (χ0n) is 17.4. The Morgan fingerprint density at radius 2 is 1.90 bits per heavy atom. The van der Waals surface area contributed by atoms with Gasteiger partial charge in [0.25, 0.3) is 0 Å². The highest BCUT2D eigenvalue weighted by molar-refractivity contribution is 9.10. The Balaban J connectivity index is 1.63. The fraction of sp³-hybridized carbons (Fsp3) is 0.240. The summed E-state index contributed by atoms with van der Waals surface area (Å²) in [5.41, 5.74) is 4.19. The Morgan fingerprint density at radius 3 is 2.68 bits per heavy atom. The molecular formula is C25H23BrN2O3. The standard InChI is InChI=1S/C25H23BrN2O3/c1-3-30-18-10-12-24-19(14-18)22-15-21(16-7-5-4-6-8-16)27-28(22)25(31-24)20-13-17(26)9-11-23(20)29-2/h4-14,22,25H,3,15H2,1-2H3/t22-,25-/m1/s1. The van der Waals surface area contributed by atoms with Crippen LogP contribution in [0.4, 0.5) is 0 Å². The number of methoxy groups -OCH3 is 1. The molecule has 2 heterocycles. The predicted octanol–water partition coefficient (Wildman–Crippen LogP) is 6.10. The van der Waals surface area contributed by atoms with Crippen molar-refractivity contribution in [1.29, 1.82) is 0 Å². The lowest BCUT2D eigenvalue weighted by molar-refractivity contribution is -0.0205. The molecule has 3 aromatic carbocycles. The summed E-state index contributed by atoms with van der Waals surface area (Å²) < 4.78 is 18.9. The summed E-state index contributed by atoms with van der Waals surface area (Å²) in [6.07, 6.45) is 0.395. The summed E-state index contributed by atoms with van der Waals surface area (Å²) in [5, 5.41) is 7.09.